The number of halogens is 1. The van der Waals surface area contributed by atoms with Gasteiger partial charge in [-0.25, -0.2) is 13.1 Å². The summed E-state index contributed by atoms with van der Waals surface area (Å²) in [4.78, 5) is 19.3. The van der Waals surface area contributed by atoms with Crippen LogP contribution in [-0.4, -0.2) is 29.7 Å². The standard InChI is InChI=1S/C25H28ClN3O3S/c1-18-8-5-6-10-21(18)17-29(16-19-9-7-13-27-15-19)24(30)20-11-12-22(26)23(14-20)33(31,32)28-25(2,3)4/h5-15,28H,16-17H2,1-4H3. The highest BCUT2D eigenvalue weighted by atomic mass is 35.5. The van der Waals surface area contributed by atoms with E-state index in [0.29, 0.717) is 13.1 Å². The Balaban J connectivity index is 1.99. The highest BCUT2D eigenvalue weighted by Gasteiger charge is 2.26. The first-order valence-corrected chi connectivity index (χ1v) is 12.4. The van der Waals surface area contributed by atoms with Gasteiger partial charge in [0.05, 0.1) is 5.02 Å². The molecule has 0 aliphatic heterocycles. The number of benzene rings is 2. The van der Waals surface area contributed by atoms with Gasteiger partial charge >= 0.3 is 0 Å². The van der Waals surface area contributed by atoms with E-state index in [2.05, 4.69) is 9.71 Å². The Bertz CT molecular complexity index is 1240. The van der Waals surface area contributed by atoms with Gasteiger partial charge in [0.2, 0.25) is 10.0 Å². The number of aromatic nitrogens is 1. The molecule has 0 radical (unpaired) electrons. The Morgan fingerprint density at radius 2 is 1.79 bits per heavy atom. The van der Waals surface area contributed by atoms with Gasteiger partial charge in [-0.05, 0) is 68.7 Å². The van der Waals surface area contributed by atoms with E-state index >= 15 is 0 Å². The van der Waals surface area contributed by atoms with Gasteiger partial charge in [0, 0.05) is 36.6 Å². The lowest BCUT2D eigenvalue weighted by atomic mass is 10.1. The van der Waals surface area contributed by atoms with Crippen LogP contribution in [0.3, 0.4) is 0 Å². The Labute approximate surface area is 200 Å². The summed E-state index contributed by atoms with van der Waals surface area (Å²) in [5.41, 5.74) is 2.49. The van der Waals surface area contributed by atoms with Crippen molar-refractivity contribution < 1.29 is 13.2 Å². The van der Waals surface area contributed by atoms with Gasteiger partial charge in [0.15, 0.2) is 0 Å². The minimum absolute atomic E-state index is 0.0565. The summed E-state index contributed by atoms with van der Waals surface area (Å²) in [5.74, 6) is -0.300. The zero-order valence-corrected chi connectivity index (χ0v) is 20.7. The van der Waals surface area contributed by atoms with Crippen molar-refractivity contribution in [2.24, 2.45) is 0 Å². The first-order valence-electron chi connectivity index (χ1n) is 10.5. The maximum Gasteiger partial charge on any atom is 0.254 e. The molecule has 8 heteroatoms. The molecule has 3 rings (SSSR count). The van der Waals surface area contributed by atoms with Crippen molar-refractivity contribution in [2.45, 2.75) is 51.2 Å². The van der Waals surface area contributed by atoms with Gasteiger partial charge in [-0.1, -0.05) is 41.9 Å². The van der Waals surface area contributed by atoms with Gasteiger partial charge in [-0.15, -0.1) is 0 Å². The van der Waals surface area contributed by atoms with Crippen LogP contribution in [0.2, 0.25) is 5.02 Å². The first kappa shape index (κ1) is 24.9. The van der Waals surface area contributed by atoms with Crippen LogP contribution in [0.5, 0.6) is 0 Å². The van der Waals surface area contributed by atoms with Crippen molar-refractivity contribution in [3.05, 3.63) is 94.3 Å². The minimum Gasteiger partial charge on any atom is -0.330 e. The molecule has 1 aromatic heterocycles. The molecule has 6 nitrogen and oxygen atoms in total. The van der Waals surface area contributed by atoms with Gasteiger partial charge in [0.1, 0.15) is 4.90 Å². The molecule has 2 aromatic carbocycles. The number of amides is 1. The highest BCUT2D eigenvalue weighted by Crippen LogP contribution is 2.25. The Morgan fingerprint density at radius 1 is 1.06 bits per heavy atom. The fourth-order valence-corrected chi connectivity index (χ4v) is 5.33. The molecule has 174 valence electrons. The monoisotopic (exact) mass is 485 g/mol. The summed E-state index contributed by atoms with van der Waals surface area (Å²) in [6.45, 7) is 7.91. The van der Waals surface area contributed by atoms with Crippen LogP contribution in [0.25, 0.3) is 0 Å². The molecule has 0 unspecified atom stereocenters. The number of nitrogens with zero attached hydrogens (tertiary/aromatic N) is 2. The van der Waals surface area contributed by atoms with Gasteiger partial charge in [-0.3, -0.25) is 9.78 Å². The molecule has 0 atom stereocenters. The van der Waals surface area contributed by atoms with E-state index in [9.17, 15) is 13.2 Å². The number of sulfonamides is 1. The molecule has 0 aliphatic carbocycles. The number of hydrogen-bond donors (Lipinski definition) is 1. The first-order chi connectivity index (χ1) is 15.5. The van der Waals surface area contributed by atoms with Crippen molar-refractivity contribution in [3.63, 3.8) is 0 Å². The minimum atomic E-state index is -3.92. The van der Waals surface area contributed by atoms with Crippen LogP contribution in [0, 0.1) is 6.92 Å². The normalized spacial score (nSPS) is 11.9. The number of nitrogens with one attached hydrogen (secondary N) is 1. The molecule has 0 saturated carbocycles. The Hall–Kier alpha value is -2.74. The van der Waals surface area contributed by atoms with Gasteiger partial charge < -0.3 is 4.90 Å². The number of pyridine rings is 1. The maximum absolute atomic E-state index is 13.6. The second kappa shape index (κ2) is 10.0. The molecule has 1 N–H and O–H groups in total. The highest BCUT2D eigenvalue weighted by molar-refractivity contribution is 7.89. The van der Waals surface area contributed by atoms with Crippen molar-refractivity contribution in [1.29, 1.82) is 0 Å². The SMILES string of the molecule is Cc1ccccc1CN(Cc1cccnc1)C(=O)c1ccc(Cl)c(S(=O)(=O)NC(C)(C)C)c1. The van der Waals surface area contributed by atoms with E-state index in [0.717, 1.165) is 16.7 Å². The summed E-state index contributed by atoms with van der Waals surface area (Å²) in [6, 6.07) is 15.9. The molecule has 0 aliphatic rings. The number of hydrogen-bond acceptors (Lipinski definition) is 4. The third-order valence-electron chi connectivity index (χ3n) is 4.91. The average Bonchev–Trinajstić information content (AvgIpc) is 2.73. The van der Waals surface area contributed by atoms with Crippen molar-refractivity contribution in [3.8, 4) is 0 Å². The van der Waals surface area contributed by atoms with Crippen LogP contribution in [-0.2, 0) is 23.1 Å². The summed E-state index contributed by atoms with van der Waals surface area (Å²) < 4.78 is 28.4. The summed E-state index contributed by atoms with van der Waals surface area (Å²) in [6.07, 6.45) is 3.39. The zero-order chi connectivity index (χ0) is 24.2. The second-order valence-corrected chi connectivity index (χ2v) is 11.0. The Morgan fingerprint density at radius 3 is 2.42 bits per heavy atom. The third kappa shape index (κ3) is 6.63. The van der Waals surface area contributed by atoms with Crippen LogP contribution < -0.4 is 4.72 Å². The summed E-state index contributed by atoms with van der Waals surface area (Å²) in [7, 11) is -3.92. The quantitative estimate of drug-likeness (QED) is 0.512. The predicted octanol–water partition coefficient (Wildman–Crippen LogP) is 4.96. The topological polar surface area (TPSA) is 79.4 Å². The molecule has 1 heterocycles. The molecule has 33 heavy (non-hydrogen) atoms. The maximum atomic E-state index is 13.6. The summed E-state index contributed by atoms with van der Waals surface area (Å²) >= 11 is 6.22. The smallest absolute Gasteiger partial charge is 0.254 e. The molecular weight excluding hydrogens is 458 g/mol. The zero-order valence-electron chi connectivity index (χ0n) is 19.2. The largest absolute Gasteiger partial charge is 0.330 e. The van der Waals surface area contributed by atoms with E-state index < -0.39 is 15.6 Å². The van der Waals surface area contributed by atoms with Crippen LogP contribution >= 0.6 is 11.6 Å². The van der Waals surface area contributed by atoms with E-state index in [1.165, 1.54) is 12.1 Å². The van der Waals surface area contributed by atoms with Gasteiger partial charge in [0.25, 0.3) is 5.91 Å². The van der Waals surface area contributed by atoms with E-state index in [1.54, 1.807) is 44.1 Å². The van der Waals surface area contributed by atoms with E-state index in [-0.39, 0.29) is 21.4 Å². The Kier molecular flexibility index (Phi) is 7.57. The third-order valence-corrected chi connectivity index (χ3v) is 7.15. The van der Waals surface area contributed by atoms with Crippen molar-refractivity contribution in [2.75, 3.05) is 0 Å². The molecule has 0 fully saturated rings. The average molecular weight is 486 g/mol. The number of carbonyl (C=O) groups excluding carboxylic acids is 1. The second-order valence-electron chi connectivity index (χ2n) is 8.95. The van der Waals surface area contributed by atoms with Crippen molar-refractivity contribution >= 4 is 27.5 Å². The molecule has 3 aromatic rings. The lowest BCUT2D eigenvalue weighted by molar-refractivity contribution is 0.0729. The predicted molar refractivity (Wildman–Crippen MR) is 131 cm³/mol. The van der Waals surface area contributed by atoms with Crippen LogP contribution in [0.15, 0.2) is 71.9 Å². The molecule has 0 saturated heterocycles. The lowest BCUT2D eigenvalue weighted by Crippen LogP contribution is -2.40. The van der Waals surface area contributed by atoms with Crippen molar-refractivity contribution in [1.82, 2.24) is 14.6 Å². The van der Waals surface area contributed by atoms with Crippen LogP contribution in [0.1, 0.15) is 47.8 Å². The molecule has 0 spiro atoms. The van der Waals surface area contributed by atoms with E-state index in [4.69, 9.17) is 11.6 Å². The number of rotatable bonds is 7. The molecular formula is C25H28ClN3O3S. The molecule has 0 bridgehead atoms. The van der Waals surface area contributed by atoms with Gasteiger partial charge in [-0.2, -0.15) is 0 Å². The molecule has 1 amide bonds. The number of aryl methyl sites for hydroxylation is 1. The summed E-state index contributed by atoms with van der Waals surface area (Å²) in [5, 5.41) is 0.0565. The van der Waals surface area contributed by atoms with Crippen LogP contribution in [0.4, 0.5) is 0 Å². The fraction of sp³-hybridized carbons (Fsp3) is 0.280. The fourth-order valence-electron chi connectivity index (χ4n) is 3.39. The number of carbonyl (C=O) groups is 1. The van der Waals surface area contributed by atoms with E-state index in [1.807, 2.05) is 43.3 Å². The lowest BCUT2D eigenvalue weighted by Gasteiger charge is -2.25.